The van der Waals surface area contributed by atoms with E-state index in [2.05, 4.69) is 74.3 Å². The van der Waals surface area contributed by atoms with E-state index < -0.39 is 0 Å². The average Bonchev–Trinajstić information content (AvgIpc) is 2.71. The third-order valence-corrected chi connectivity index (χ3v) is 5.84. The van der Waals surface area contributed by atoms with E-state index in [-0.39, 0.29) is 5.41 Å². The second-order valence-corrected chi connectivity index (χ2v) is 8.71. The third-order valence-electron chi connectivity index (χ3n) is 5.84. The molecule has 2 aromatic carbocycles. The molecule has 0 saturated carbocycles. The van der Waals surface area contributed by atoms with E-state index in [4.69, 9.17) is 4.98 Å². The molecule has 0 spiro atoms. The zero-order valence-corrected chi connectivity index (χ0v) is 16.7. The van der Waals surface area contributed by atoms with Crippen LogP contribution >= 0.6 is 0 Å². The lowest BCUT2D eigenvalue weighted by atomic mass is 9.80. The number of rotatable bonds is 1. The van der Waals surface area contributed by atoms with E-state index in [1.54, 1.807) is 0 Å². The Labute approximate surface area is 166 Å². The van der Waals surface area contributed by atoms with Crippen molar-refractivity contribution in [2.45, 2.75) is 39.0 Å². The molecule has 5 rings (SSSR count). The first-order chi connectivity index (χ1) is 13.5. The zero-order chi connectivity index (χ0) is 19.3. The van der Waals surface area contributed by atoms with Crippen LogP contribution in [-0.2, 0) is 18.3 Å². The maximum Gasteiger partial charge on any atom is 0.0740 e. The molecule has 0 saturated heterocycles. The van der Waals surface area contributed by atoms with Gasteiger partial charge in [-0.2, -0.15) is 0 Å². The minimum absolute atomic E-state index is 0.0721. The van der Waals surface area contributed by atoms with Gasteiger partial charge in [-0.25, -0.2) is 0 Å². The van der Waals surface area contributed by atoms with Gasteiger partial charge in [-0.15, -0.1) is 0 Å². The van der Waals surface area contributed by atoms with E-state index in [9.17, 15) is 0 Å². The summed E-state index contributed by atoms with van der Waals surface area (Å²) >= 11 is 0. The molecule has 0 unspecified atom stereocenters. The van der Waals surface area contributed by atoms with E-state index in [1.165, 1.54) is 44.2 Å². The Balaban J connectivity index is 1.77. The first kappa shape index (κ1) is 17.1. The Bertz CT molecular complexity index is 1200. The minimum atomic E-state index is 0.0721. The molecule has 1 aliphatic rings. The van der Waals surface area contributed by atoms with E-state index in [1.807, 2.05) is 18.6 Å². The Hall–Kier alpha value is -3.00. The average molecular weight is 364 g/mol. The van der Waals surface area contributed by atoms with Crippen LogP contribution in [0.15, 0.2) is 67.1 Å². The molecular weight excluding hydrogens is 340 g/mol. The number of benzene rings is 2. The fraction of sp³-hybridized carbons (Fsp3) is 0.231. The molecule has 4 aromatic rings. The summed E-state index contributed by atoms with van der Waals surface area (Å²) in [5.41, 5.74) is 9.09. The Morgan fingerprint density at radius 3 is 2.54 bits per heavy atom. The first-order valence-corrected chi connectivity index (χ1v) is 9.97. The summed E-state index contributed by atoms with van der Waals surface area (Å²) in [5.74, 6) is 0. The third kappa shape index (κ3) is 2.72. The summed E-state index contributed by atoms with van der Waals surface area (Å²) in [6, 6.07) is 17.6. The molecule has 2 heterocycles. The van der Waals surface area contributed by atoms with Crippen molar-refractivity contribution < 1.29 is 0 Å². The van der Waals surface area contributed by atoms with Crippen LogP contribution in [0.3, 0.4) is 0 Å². The van der Waals surface area contributed by atoms with Crippen molar-refractivity contribution in [2.75, 3.05) is 0 Å². The molecular formula is C26H24N2. The summed E-state index contributed by atoms with van der Waals surface area (Å²) in [4.78, 5) is 9.16. The first-order valence-electron chi connectivity index (χ1n) is 9.97. The topological polar surface area (TPSA) is 25.8 Å². The van der Waals surface area contributed by atoms with Crippen LogP contribution < -0.4 is 0 Å². The highest BCUT2D eigenvalue weighted by Crippen LogP contribution is 2.40. The maximum absolute atomic E-state index is 4.85. The van der Waals surface area contributed by atoms with Crippen molar-refractivity contribution in [3.05, 3.63) is 83.8 Å². The van der Waals surface area contributed by atoms with Crippen LogP contribution in [0.5, 0.6) is 0 Å². The van der Waals surface area contributed by atoms with E-state index in [0.29, 0.717) is 0 Å². The van der Waals surface area contributed by atoms with Gasteiger partial charge in [0.25, 0.3) is 0 Å². The van der Waals surface area contributed by atoms with Crippen LogP contribution in [0.25, 0.3) is 33.2 Å². The normalized spacial score (nSPS) is 13.2. The molecule has 0 amide bonds. The smallest absolute Gasteiger partial charge is 0.0740 e. The van der Waals surface area contributed by atoms with Gasteiger partial charge in [0, 0.05) is 24.2 Å². The van der Waals surface area contributed by atoms with Crippen LogP contribution in [0, 0.1) is 0 Å². The lowest BCUT2D eigenvalue weighted by molar-refractivity contribution is 0.596. The highest BCUT2D eigenvalue weighted by atomic mass is 14.7. The predicted molar refractivity (Wildman–Crippen MR) is 117 cm³/mol. The molecule has 0 fully saturated rings. The minimum Gasteiger partial charge on any atom is -0.264 e. The van der Waals surface area contributed by atoms with Crippen molar-refractivity contribution in [3.63, 3.8) is 0 Å². The number of hydrogen-bond acceptors (Lipinski definition) is 2. The van der Waals surface area contributed by atoms with Crippen LogP contribution in [0.4, 0.5) is 0 Å². The summed E-state index contributed by atoms with van der Waals surface area (Å²) in [5, 5.41) is 2.62. The molecule has 0 radical (unpaired) electrons. The summed E-state index contributed by atoms with van der Waals surface area (Å²) in [6.45, 7) is 6.86. The van der Waals surface area contributed by atoms with Gasteiger partial charge >= 0.3 is 0 Å². The number of aromatic nitrogens is 2. The van der Waals surface area contributed by atoms with Crippen molar-refractivity contribution in [3.8, 4) is 22.4 Å². The molecule has 0 atom stereocenters. The van der Waals surface area contributed by atoms with Gasteiger partial charge in [-0.3, -0.25) is 9.97 Å². The van der Waals surface area contributed by atoms with Gasteiger partial charge in [-0.1, -0.05) is 45.0 Å². The molecule has 0 N–H and O–H groups in total. The monoisotopic (exact) mass is 364 g/mol. The number of pyridine rings is 2. The van der Waals surface area contributed by atoms with Crippen LogP contribution in [0.2, 0.25) is 0 Å². The molecule has 138 valence electrons. The molecule has 28 heavy (non-hydrogen) atoms. The predicted octanol–water partition coefficient (Wildman–Crippen LogP) is 6.36. The van der Waals surface area contributed by atoms with Gasteiger partial charge < -0.3 is 0 Å². The quantitative estimate of drug-likeness (QED) is 0.393. The second kappa shape index (κ2) is 6.27. The van der Waals surface area contributed by atoms with Crippen molar-refractivity contribution in [2.24, 2.45) is 0 Å². The number of fused-ring (bicyclic) bond motifs is 4. The van der Waals surface area contributed by atoms with Crippen molar-refractivity contribution >= 4 is 10.8 Å². The number of nitrogens with zero attached hydrogens (tertiary/aromatic N) is 2. The van der Waals surface area contributed by atoms with Gasteiger partial charge in [0.05, 0.1) is 5.69 Å². The molecule has 2 heteroatoms. The standard InChI is InChI=1S/C26H24N2/c1-26(2,3)24-15-19(14-17-6-4-5-7-21(17)24)25-23-9-8-18-16-27-12-10-20(18)22(23)11-13-28-25/h4-7,10-16H,8-9H2,1-3H3. The largest absolute Gasteiger partial charge is 0.264 e. The Morgan fingerprint density at radius 2 is 1.68 bits per heavy atom. The molecule has 0 bridgehead atoms. The molecule has 2 aromatic heterocycles. The summed E-state index contributed by atoms with van der Waals surface area (Å²) in [6.07, 6.45) is 7.88. The van der Waals surface area contributed by atoms with Crippen molar-refractivity contribution in [1.82, 2.24) is 9.97 Å². The highest BCUT2D eigenvalue weighted by Gasteiger charge is 2.23. The van der Waals surface area contributed by atoms with Crippen LogP contribution in [-0.4, -0.2) is 9.97 Å². The van der Waals surface area contributed by atoms with Crippen molar-refractivity contribution in [1.29, 1.82) is 0 Å². The van der Waals surface area contributed by atoms with Crippen LogP contribution in [0.1, 0.15) is 37.5 Å². The lowest BCUT2D eigenvalue weighted by Crippen LogP contribution is -2.12. The van der Waals surface area contributed by atoms with Gasteiger partial charge in [-0.05, 0) is 81.1 Å². The molecule has 1 aliphatic carbocycles. The second-order valence-electron chi connectivity index (χ2n) is 8.71. The Morgan fingerprint density at radius 1 is 0.857 bits per heavy atom. The summed E-state index contributed by atoms with van der Waals surface area (Å²) in [7, 11) is 0. The Kier molecular flexibility index (Phi) is 3.83. The fourth-order valence-electron chi connectivity index (χ4n) is 4.46. The van der Waals surface area contributed by atoms with Gasteiger partial charge in [0.1, 0.15) is 0 Å². The lowest BCUT2D eigenvalue weighted by Gasteiger charge is -2.25. The summed E-state index contributed by atoms with van der Waals surface area (Å²) < 4.78 is 0. The SMILES string of the molecule is CC(C)(C)c1cc(-c2nccc3c2CCc2cnccc2-3)cc2ccccc12. The van der Waals surface area contributed by atoms with Gasteiger partial charge in [0.2, 0.25) is 0 Å². The number of aryl methyl sites for hydroxylation is 1. The maximum atomic E-state index is 4.85. The zero-order valence-electron chi connectivity index (χ0n) is 16.7. The highest BCUT2D eigenvalue weighted by molar-refractivity contribution is 5.92. The van der Waals surface area contributed by atoms with Gasteiger partial charge in [0.15, 0.2) is 0 Å². The molecule has 2 nitrogen and oxygen atoms in total. The van der Waals surface area contributed by atoms with E-state index in [0.717, 1.165) is 18.5 Å². The van der Waals surface area contributed by atoms with E-state index >= 15 is 0 Å². The fourth-order valence-corrected chi connectivity index (χ4v) is 4.46. The number of hydrogen-bond donors (Lipinski definition) is 0. The molecule has 0 aliphatic heterocycles.